The molecular weight excluding hydrogens is 436 g/mol. The molecule has 1 fully saturated rings. The van der Waals surface area contributed by atoms with Crippen LogP contribution in [0.3, 0.4) is 0 Å². The molecule has 1 saturated heterocycles. The van der Waals surface area contributed by atoms with Gasteiger partial charge in [0.1, 0.15) is 6.04 Å². The second-order valence-corrected chi connectivity index (χ2v) is 9.40. The first kappa shape index (κ1) is 22.1. The fraction of sp³-hybridized carbons (Fsp3) is 0.364. The van der Waals surface area contributed by atoms with Crippen LogP contribution < -0.4 is 14.8 Å². The van der Waals surface area contributed by atoms with E-state index in [2.05, 4.69) is 5.32 Å². The van der Waals surface area contributed by atoms with Crippen molar-refractivity contribution >= 4 is 21.9 Å². The van der Waals surface area contributed by atoms with E-state index in [1.54, 1.807) is 36.4 Å². The van der Waals surface area contributed by atoms with Crippen molar-refractivity contribution in [2.75, 3.05) is 19.9 Å². The third kappa shape index (κ3) is 4.86. The van der Waals surface area contributed by atoms with Crippen molar-refractivity contribution in [3.05, 3.63) is 54.1 Å². The number of carbonyl (C=O) groups excluding carboxylic acids is 2. The first-order chi connectivity index (χ1) is 15.4. The lowest BCUT2D eigenvalue weighted by molar-refractivity contribution is -0.153. The summed E-state index contributed by atoms with van der Waals surface area (Å²) in [6.07, 6.45) is 1.71. The van der Waals surface area contributed by atoms with Gasteiger partial charge in [-0.1, -0.05) is 24.3 Å². The molecule has 1 amide bonds. The number of sulfonamides is 1. The molecule has 9 nitrogen and oxygen atoms in total. The highest BCUT2D eigenvalue weighted by Gasteiger charge is 2.38. The molecule has 0 aliphatic carbocycles. The monoisotopic (exact) mass is 460 g/mol. The summed E-state index contributed by atoms with van der Waals surface area (Å²) in [5, 5.41) is 2.67. The summed E-state index contributed by atoms with van der Waals surface area (Å²) in [6.45, 7) is 0.136. The van der Waals surface area contributed by atoms with Crippen molar-refractivity contribution in [2.45, 2.75) is 36.7 Å². The molecule has 0 aromatic heterocycles. The van der Waals surface area contributed by atoms with Crippen LogP contribution in [0.5, 0.6) is 11.5 Å². The number of nitrogens with zero attached hydrogens (tertiary/aromatic N) is 1. The molecule has 0 bridgehead atoms. The number of hydrogen-bond acceptors (Lipinski definition) is 7. The minimum Gasteiger partial charge on any atom is -0.454 e. The van der Waals surface area contributed by atoms with Crippen LogP contribution in [0, 0.1) is 0 Å². The number of ether oxygens (including phenoxy) is 3. The molecule has 0 radical (unpaired) electrons. The maximum Gasteiger partial charge on any atom is 0.324 e. The van der Waals surface area contributed by atoms with Crippen LogP contribution in [0.15, 0.2) is 53.4 Å². The molecule has 2 aromatic rings. The second kappa shape index (κ2) is 9.58. The molecule has 2 heterocycles. The van der Waals surface area contributed by atoms with E-state index in [9.17, 15) is 18.0 Å². The van der Waals surface area contributed by atoms with E-state index in [1.165, 1.54) is 16.4 Å². The predicted molar refractivity (Wildman–Crippen MR) is 113 cm³/mol. The fourth-order valence-electron chi connectivity index (χ4n) is 3.69. The minimum atomic E-state index is -3.84. The number of carbonyl (C=O) groups is 2. The van der Waals surface area contributed by atoms with Crippen LogP contribution in [0.1, 0.15) is 24.8 Å². The maximum atomic E-state index is 13.0. The van der Waals surface area contributed by atoms with E-state index < -0.39 is 34.5 Å². The summed E-state index contributed by atoms with van der Waals surface area (Å²) in [5.74, 6) is 0.0587. The van der Waals surface area contributed by atoms with Crippen molar-refractivity contribution in [3.63, 3.8) is 0 Å². The van der Waals surface area contributed by atoms with E-state index >= 15 is 0 Å². The number of piperidine rings is 1. The Balaban J connectivity index is 1.32. The smallest absolute Gasteiger partial charge is 0.324 e. The zero-order valence-corrected chi connectivity index (χ0v) is 18.2. The van der Waals surface area contributed by atoms with E-state index in [-0.39, 0.29) is 24.8 Å². The van der Waals surface area contributed by atoms with Crippen molar-refractivity contribution < 1.29 is 32.2 Å². The normalized spacial score (nSPS) is 18.2. The van der Waals surface area contributed by atoms with Crippen molar-refractivity contribution in [1.82, 2.24) is 9.62 Å². The molecule has 1 N–H and O–H groups in total. The SMILES string of the molecule is O=C(COC(=O)[C@@H]1CCCCN1S(=O)(=O)c1ccccc1)NCc1ccc2c(c1)OCO2. The Bertz CT molecular complexity index is 1090. The highest BCUT2D eigenvalue weighted by molar-refractivity contribution is 7.89. The van der Waals surface area contributed by atoms with Gasteiger partial charge in [0.05, 0.1) is 4.90 Å². The topological polar surface area (TPSA) is 111 Å². The predicted octanol–water partition coefficient (Wildman–Crippen LogP) is 1.82. The highest BCUT2D eigenvalue weighted by atomic mass is 32.2. The number of esters is 1. The average molecular weight is 461 g/mol. The zero-order chi connectivity index (χ0) is 22.6. The van der Waals surface area contributed by atoms with E-state index in [1.807, 2.05) is 0 Å². The van der Waals surface area contributed by atoms with Gasteiger partial charge in [-0.3, -0.25) is 9.59 Å². The third-order valence-electron chi connectivity index (χ3n) is 5.35. The van der Waals surface area contributed by atoms with Crippen LogP contribution in [0.2, 0.25) is 0 Å². The van der Waals surface area contributed by atoms with Gasteiger partial charge in [-0.15, -0.1) is 0 Å². The van der Waals surface area contributed by atoms with Gasteiger partial charge in [-0.25, -0.2) is 8.42 Å². The molecule has 2 aliphatic heterocycles. The number of fused-ring (bicyclic) bond motifs is 1. The highest BCUT2D eigenvalue weighted by Crippen LogP contribution is 2.32. The minimum absolute atomic E-state index is 0.126. The Kier molecular flexibility index (Phi) is 6.61. The van der Waals surface area contributed by atoms with E-state index in [0.29, 0.717) is 30.8 Å². The molecule has 0 unspecified atom stereocenters. The fourth-order valence-corrected chi connectivity index (χ4v) is 5.36. The molecule has 4 rings (SSSR count). The van der Waals surface area contributed by atoms with Gasteiger partial charge in [0.2, 0.25) is 16.8 Å². The molecule has 0 spiro atoms. The second-order valence-electron chi connectivity index (χ2n) is 7.51. The number of hydrogen-bond donors (Lipinski definition) is 1. The summed E-state index contributed by atoms with van der Waals surface area (Å²) < 4.78 is 42.9. The van der Waals surface area contributed by atoms with Crippen LogP contribution in [0.4, 0.5) is 0 Å². The van der Waals surface area contributed by atoms with Gasteiger partial charge in [0, 0.05) is 13.1 Å². The Morgan fingerprint density at radius 2 is 1.84 bits per heavy atom. The number of nitrogens with one attached hydrogen (secondary N) is 1. The van der Waals surface area contributed by atoms with Gasteiger partial charge in [0.25, 0.3) is 5.91 Å². The van der Waals surface area contributed by atoms with Gasteiger partial charge in [0.15, 0.2) is 18.1 Å². The molecule has 32 heavy (non-hydrogen) atoms. The van der Waals surface area contributed by atoms with Gasteiger partial charge < -0.3 is 19.5 Å². The van der Waals surface area contributed by atoms with E-state index in [4.69, 9.17) is 14.2 Å². The van der Waals surface area contributed by atoms with Crippen LogP contribution in [0.25, 0.3) is 0 Å². The van der Waals surface area contributed by atoms with Crippen molar-refractivity contribution in [2.24, 2.45) is 0 Å². The quantitative estimate of drug-likeness (QED) is 0.628. The lowest BCUT2D eigenvalue weighted by atomic mass is 10.1. The summed E-state index contributed by atoms with van der Waals surface area (Å²) in [4.78, 5) is 24.9. The zero-order valence-electron chi connectivity index (χ0n) is 17.4. The van der Waals surface area contributed by atoms with Crippen molar-refractivity contribution in [1.29, 1.82) is 0 Å². The Morgan fingerprint density at radius 3 is 2.66 bits per heavy atom. The van der Waals surface area contributed by atoms with Crippen LogP contribution >= 0.6 is 0 Å². The lowest BCUT2D eigenvalue weighted by Gasteiger charge is -2.32. The summed E-state index contributed by atoms with van der Waals surface area (Å²) in [6, 6.07) is 12.4. The maximum absolute atomic E-state index is 13.0. The standard InChI is InChI=1S/C22H24N2O7S/c25-21(23-13-16-9-10-19-20(12-16)31-15-30-19)14-29-22(26)18-8-4-5-11-24(18)32(27,28)17-6-2-1-3-7-17/h1-3,6-7,9-10,12,18H,4-5,8,11,13-15H2,(H,23,25)/t18-/m0/s1. The Morgan fingerprint density at radius 1 is 1.06 bits per heavy atom. The number of amides is 1. The average Bonchev–Trinajstić information content (AvgIpc) is 3.29. The molecule has 2 aromatic carbocycles. The molecule has 2 aliphatic rings. The lowest BCUT2D eigenvalue weighted by Crippen LogP contribution is -2.49. The molecular formula is C22H24N2O7S. The Hall–Kier alpha value is -3.11. The van der Waals surface area contributed by atoms with Crippen LogP contribution in [-0.4, -0.2) is 50.6 Å². The third-order valence-corrected chi connectivity index (χ3v) is 7.27. The number of benzene rings is 2. The van der Waals surface area contributed by atoms with Crippen molar-refractivity contribution in [3.8, 4) is 11.5 Å². The van der Waals surface area contributed by atoms with Crippen LogP contribution in [-0.2, 0) is 30.9 Å². The first-order valence-electron chi connectivity index (χ1n) is 10.3. The largest absolute Gasteiger partial charge is 0.454 e. The molecule has 0 saturated carbocycles. The van der Waals surface area contributed by atoms with Gasteiger partial charge >= 0.3 is 5.97 Å². The first-order valence-corrected chi connectivity index (χ1v) is 11.8. The molecule has 1 atom stereocenters. The Labute approximate surface area is 186 Å². The molecule has 170 valence electrons. The summed E-state index contributed by atoms with van der Waals surface area (Å²) in [7, 11) is -3.84. The van der Waals surface area contributed by atoms with Gasteiger partial charge in [-0.05, 0) is 49.1 Å². The summed E-state index contributed by atoms with van der Waals surface area (Å²) in [5.41, 5.74) is 0.807. The summed E-state index contributed by atoms with van der Waals surface area (Å²) >= 11 is 0. The van der Waals surface area contributed by atoms with Gasteiger partial charge in [-0.2, -0.15) is 4.31 Å². The van der Waals surface area contributed by atoms with E-state index in [0.717, 1.165) is 5.56 Å². The molecule has 10 heteroatoms. The number of rotatable bonds is 7.